The van der Waals surface area contributed by atoms with Gasteiger partial charge in [0.05, 0.1) is 11.6 Å². The molecule has 23 heavy (non-hydrogen) atoms. The normalized spacial score (nSPS) is 17.3. The van der Waals surface area contributed by atoms with Crippen molar-refractivity contribution in [1.29, 1.82) is 5.26 Å². The number of fused-ring (bicyclic) bond motifs is 1. The number of hydrogen-bond donors (Lipinski definition) is 0. The van der Waals surface area contributed by atoms with Gasteiger partial charge in [0.2, 0.25) is 0 Å². The van der Waals surface area contributed by atoms with Gasteiger partial charge in [-0.15, -0.1) is 0 Å². The van der Waals surface area contributed by atoms with E-state index in [-0.39, 0.29) is 11.9 Å². The lowest BCUT2D eigenvalue weighted by Gasteiger charge is -2.26. The molecule has 4 nitrogen and oxygen atoms in total. The molecule has 0 fully saturated rings. The first-order valence-electron chi connectivity index (χ1n) is 7.68. The summed E-state index contributed by atoms with van der Waals surface area (Å²) in [5.74, 6) is 0.467. The van der Waals surface area contributed by atoms with Crippen LogP contribution in [0.25, 0.3) is 0 Å². The van der Waals surface area contributed by atoms with Crippen LogP contribution in [-0.2, 0) is 11.2 Å². The lowest BCUT2D eigenvalue weighted by atomic mass is 10.1. The van der Waals surface area contributed by atoms with Crippen molar-refractivity contribution in [3.63, 3.8) is 0 Å². The van der Waals surface area contributed by atoms with E-state index < -0.39 is 6.10 Å². The van der Waals surface area contributed by atoms with Gasteiger partial charge in [0, 0.05) is 11.7 Å². The van der Waals surface area contributed by atoms with Gasteiger partial charge in [-0.3, -0.25) is 4.79 Å². The summed E-state index contributed by atoms with van der Waals surface area (Å²) in [7, 11) is 0. The average molecular weight is 306 g/mol. The second-order valence-electron chi connectivity index (χ2n) is 5.79. The highest BCUT2D eigenvalue weighted by molar-refractivity contribution is 5.99. The largest absolute Gasteiger partial charge is 0.481 e. The Morgan fingerprint density at radius 2 is 2.09 bits per heavy atom. The second kappa shape index (κ2) is 6.13. The van der Waals surface area contributed by atoms with Crippen LogP contribution in [0.15, 0.2) is 48.5 Å². The molecular weight excluding hydrogens is 288 g/mol. The van der Waals surface area contributed by atoms with E-state index in [0.29, 0.717) is 11.3 Å². The molecule has 0 N–H and O–H groups in total. The van der Waals surface area contributed by atoms with E-state index in [1.54, 1.807) is 31.2 Å². The molecule has 0 spiro atoms. The molecule has 2 aromatic carbocycles. The van der Waals surface area contributed by atoms with Crippen LogP contribution < -0.4 is 9.64 Å². The van der Waals surface area contributed by atoms with Gasteiger partial charge in [0.1, 0.15) is 5.75 Å². The van der Waals surface area contributed by atoms with Crippen molar-refractivity contribution in [3.05, 3.63) is 59.7 Å². The van der Waals surface area contributed by atoms with Gasteiger partial charge >= 0.3 is 0 Å². The molecule has 1 aliphatic rings. The predicted molar refractivity (Wildman–Crippen MR) is 88.3 cm³/mol. The molecule has 0 saturated carbocycles. The van der Waals surface area contributed by atoms with E-state index in [4.69, 9.17) is 10.00 Å². The average Bonchev–Trinajstić information content (AvgIpc) is 2.90. The fourth-order valence-corrected chi connectivity index (χ4v) is 2.99. The number of amides is 1. The van der Waals surface area contributed by atoms with Crippen LogP contribution in [0.3, 0.4) is 0 Å². The Bertz CT molecular complexity index is 779. The number of benzene rings is 2. The summed E-state index contributed by atoms with van der Waals surface area (Å²) in [4.78, 5) is 14.6. The highest BCUT2D eigenvalue weighted by atomic mass is 16.5. The summed E-state index contributed by atoms with van der Waals surface area (Å²) >= 11 is 0. The molecule has 1 aliphatic heterocycles. The first-order valence-corrected chi connectivity index (χ1v) is 7.68. The minimum absolute atomic E-state index is 0.0650. The van der Waals surface area contributed by atoms with Crippen molar-refractivity contribution in [2.75, 3.05) is 4.90 Å². The number of rotatable bonds is 3. The third kappa shape index (κ3) is 2.91. The lowest BCUT2D eigenvalue weighted by molar-refractivity contribution is -0.124. The third-order valence-electron chi connectivity index (χ3n) is 4.07. The molecule has 1 amide bonds. The summed E-state index contributed by atoms with van der Waals surface area (Å²) in [6, 6.07) is 17.0. The summed E-state index contributed by atoms with van der Waals surface area (Å²) < 4.78 is 5.75. The van der Waals surface area contributed by atoms with Crippen LogP contribution in [0.4, 0.5) is 5.69 Å². The van der Waals surface area contributed by atoms with Gasteiger partial charge in [-0.05, 0) is 50.1 Å². The van der Waals surface area contributed by atoms with E-state index in [0.717, 1.165) is 12.1 Å². The van der Waals surface area contributed by atoms with Crippen molar-refractivity contribution < 1.29 is 9.53 Å². The van der Waals surface area contributed by atoms with Gasteiger partial charge in [-0.2, -0.15) is 5.26 Å². The van der Waals surface area contributed by atoms with Crippen molar-refractivity contribution >= 4 is 11.6 Å². The Balaban J connectivity index is 1.79. The first kappa shape index (κ1) is 15.1. The number of ether oxygens (including phenoxy) is 1. The molecule has 0 bridgehead atoms. The fraction of sp³-hybridized carbons (Fsp3) is 0.263. The molecule has 1 heterocycles. The zero-order chi connectivity index (χ0) is 16.4. The minimum atomic E-state index is -0.613. The number of anilines is 1. The number of carbonyl (C=O) groups is 1. The van der Waals surface area contributed by atoms with Gasteiger partial charge in [-0.25, -0.2) is 0 Å². The molecule has 0 unspecified atom stereocenters. The number of hydrogen-bond acceptors (Lipinski definition) is 3. The van der Waals surface area contributed by atoms with Gasteiger partial charge < -0.3 is 9.64 Å². The zero-order valence-corrected chi connectivity index (χ0v) is 13.2. The van der Waals surface area contributed by atoms with Crippen LogP contribution in [0.1, 0.15) is 25.0 Å². The smallest absolute Gasteiger partial charge is 0.268 e. The van der Waals surface area contributed by atoms with Gasteiger partial charge in [-0.1, -0.05) is 24.3 Å². The topological polar surface area (TPSA) is 53.3 Å². The Morgan fingerprint density at radius 3 is 2.87 bits per heavy atom. The molecule has 0 radical (unpaired) electrons. The van der Waals surface area contributed by atoms with Crippen LogP contribution in [0, 0.1) is 11.3 Å². The molecule has 0 saturated heterocycles. The zero-order valence-electron chi connectivity index (χ0n) is 13.2. The summed E-state index contributed by atoms with van der Waals surface area (Å²) in [5, 5.41) is 8.94. The second-order valence-corrected chi connectivity index (χ2v) is 5.79. The Kier molecular flexibility index (Phi) is 4.03. The summed E-state index contributed by atoms with van der Waals surface area (Å²) in [6.07, 6.45) is 0.246. The highest BCUT2D eigenvalue weighted by Gasteiger charge is 2.33. The minimum Gasteiger partial charge on any atom is -0.481 e. The maximum atomic E-state index is 12.8. The van der Waals surface area contributed by atoms with E-state index in [9.17, 15) is 4.79 Å². The lowest BCUT2D eigenvalue weighted by Crippen LogP contribution is -2.43. The molecular formula is C19H18N2O2. The Hall–Kier alpha value is -2.80. The van der Waals surface area contributed by atoms with E-state index >= 15 is 0 Å². The molecule has 0 aliphatic carbocycles. The van der Waals surface area contributed by atoms with Crippen LogP contribution in [0.5, 0.6) is 5.75 Å². The standard InChI is InChI=1S/C19H18N2O2/c1-13-10-16-7-3-4-9-18(16)21(13)19(22)14(2)23-17-8-5-6-15(11-17)12-20/h3-9,11,13-14H,10H2,1-2H3/t13-,14+/m1/s1. The van der Waals surface area contributed by atoms with Crippen molar-refractivity contribution in [2.45, 2.75) is 32.4 Å². The SMILES string of the molecule is C[C@H](Oc1cccc(C#N)c1)C(=O)N1c2ccccc2C[C@H]1C. The third-order valence-corrected chi connectivity index (χ3v) is 4.07. The van der Waals surface area contributed by atoms with Crippen LogP contribution in [0.2, 0.25) is 0 Å². The predicted octanol–water partition coefficient (Wildman–Crippen LogP) is 3.30. The van der Waals surface area contributed by atoms with Crippen molar-refractivity contribution in [2.24, 2.45) is 0 Å². The molecule has 116 valence electrons. The van der Waals surface area contributed by atoms with E-state index in [2.05, 4.69) is 12.1 Å². The monoisotopic (exact) mass is 306 g/mol. The van der Waals surface area contributed by atoms with E-state index in [1.165, 1.54) is 5.56 Å². The summed E-state index contributed by atoms with van der Waals surface area (Å²) in [5.41, 5.74) is 2.67. The Morgan fingerprint density at radius 1 is 1.30 bits per heavy atom. The molecule has 4 heteroatoms. The van der Waals surface area contributed by atoms with Gasteiger partial charge in [0.25, 0.3) is 5.91 Å². The molecule has 2 aromatic rings. The van der Waals surface area contributed by atoms with Crippen LogP contribution in [-0.4, -0.2) is 18.1 Å². The number of carbonyl (C=O) groups excluding carboxylic acids is 1. The van der Waals surface area contributed by atoms with Crippen molar-refractivity contribution in [1.82, 2.24) is 0 Å². The molecule has 2 atom stereocenters. The number of para-hydroxylation sites is 1. The van der Waals surface area contributed by atoms with Crippen molar-refractivity contribution in [3.8, 4) is 11.8 Å². The molecule has 0 aromatic heterocycles. The first-order chi connectivity index (χ1) is 11.1. The maximum absolute atomic E-state index is 12.8. The molecule has 3 rings (SSSR count). The number of nitriles is 1. The summed E-state index contributed by atoms with van der Waals surface area (Å²) in [6.45, 7) is 3.79. The number of nitrogens with zero attached hydrogens (tertiary/aromatic N) is 2. The van der Waals surface area contributed by atoms with E-state index in [1.807, 2.05) is 30.0 Å². The quantitative estimate of drug-likeness (QED) is 0.874. The maximum Gasteiger partial charge on any atom is 0.268 e. The van der Waals surface area contributed by atoms with Crippen LogP contribution >= 0.6 is 0 Å². The Labute approximate surface area is 135 Å². The fourth-order valence-electron chi connectivity index (χ4n) is 2.99. The highest BCUT2D eigenvalue weighted by Crippen LogP contribution is 2.32. The van der Waals surface area contributed by atoms with Gasteiger partial charge in [0.15, 0.2) is 6.10 Å².